The molecule has 1 aliphatic heterocycles. The van der Waals surface area contributed by atoms with Gasteiger partial charge >= 0.3 is 5.97 Å². The molecule has 0 fully saturated rings. The first kappa shape index (κ1) is 16.5. The predicted molar refractivity (Wildman–Crippen MR) is 82.6 cm³/mol. The Kier molecular flexibility index (Phi) is 5.55. The number of carboxylic acids is 1. The largest absolute Gasteiger partial charge is 0.481 e. The summed E-state index contributed by atoms with van der Waals surface area (Å²) in [5.74, 6) is -1.53. The van der Waals surface area contributed by atoms with Crippen LogP contribution in [0.3, 0.4) is 0 Å². The SMILES string of the molecule is CC(C)OCCCC(=O)N1Cc2ccccc2C(C(=O)O)C1. The molecule has 0 aromatic heterocycles. The molecule has 2 rings (SSSR count). The van der Waals surface area contributed by atoms with Gasteiger partial charge in [0, 0.05) is 26.1 Å². The lowest BCUT2D eigenvalue weighted by Crippen LogP contribution is -2.40. The molecule has 1 amide bonds. The maximum absolute atomic E-state index is 12.3. The fourth-order valence-corrected chi connectivity index (χ4v) is 2.71. The molecule has 0 saturated heterocycles. The highest BCUT2D eigenvalue weighted by molar-refractivity contribution is 5.81. The molecule has 1 N–H and O–H groups in total. The van der Waals surface area contributed by atoms with E-state index in [1.807, 2.05) is 38.1 Å². The quantitative estimate of drug-likeness (QED) is 0.820. The Morgan fingerprint density at radius 2 is 2.09 bits per heavy atom. The molecule has 1 heterocycles. The van der Waals surface area contributed by atoms with Crippen molar-refractivity contribution in [2.45, 2.75) is 45.3 Å². The number of hydrogen-bond acceptors (Lipinski definition) is 3. The molecule has 0 saturated carbocycles. The third-order valence-electron chi connectivity index (χ3n) is 3.83. The number of aliphatic carboxylic acids is 1. The van der Waals surface area contributed by atoms with Gasteiger partial charge in [-0.15, -0.1) is 0 Å². The lowest BCUT2D eigenvalue weighted by Gasteiger charge is -2.33. The zero-order chi connectivity index (χ0) is 16.1. The fraction of sp³-hybridized carbons (Fsp3) is 0.529. The fourth-order valence-electron chi connectivity index (χ4n) is 2.71. The highest BCUT2D eigenvalue weighted by Gasteiger charge is 2.31. The molecule has 1 unspecified atom stereocenters. The highest BCUT2D eigenvalue weighted by atomic mass is 16.5. The molecule has 5 heteroatoms. The number of carboxylic acid groups (broad SMARTS) is 1. The van der Waals surface area contributed by atoms with Crippen LogP contribution >= 0.6 is 0 Å². The maximum Gasteiger partial charge on any atom is 0.312 e. The van der Waals surface area contributed by atoms with Crippen LogP contribution in [0.2, 0.25) is 0 Å². The standard InChI is InChI=1S/C17H23NO4/c1-12(2)22-9-5-8-16(19)18-10-13-6-3-4-7-14(13)15(11-18)17(20)21/h3-4,6-7,12,15H,5,8-11H2,1-2H3,(H,20,21). The molecule has 22 heavy (non-hydrogen) atoms. The number of nitrogens with zero attached hydrogens (tertiary/aromatic N) is 1. The van der Waals surface area contributed by atoms with Gasteiger partial charge in [-0.05, 0) is 31.4 Å². The number of carbonyl (C=O) groups excluding carboxylic acids is 1. The van der Waals surface area contributed by atoms with Crippen molar-refractivity contribution in [1.29, 1.82) is 0 Å². The van der Waals surface area contributed by atoms with E-state index >= 15 is 0 Å². The van der Waals surface area contributed by atoms with Crippen LogP contribution in [0, 0.1) is 0 Å². The van der Waals surface area contributed by atoms with Crippen LogP contribution in [-0.4, -0.2) is 41.1 Å². The number of benzene rings is 1. The molecule has 5 nitrogen and oxygen atoms in total. The predicted octanol–water partition coefficient (Wildman–Crippen LogP) is 2.40. The first-order valence-electron chi connectivity index (χ1n) is 7.69. The van der Waals surface area contributed by atoms with E-state index in [0.29, 0.717) is 26.0 Å². The molecule has 1 atom stereocenters. The average molecular weight is 305 g/mol. The molecule has 0 radical (unpaired) electrons. The molecule has 1 aliphatic rings. The van der Waals surface area contributed by atoms with Gasteiger partial charge in [-0.25, -0.2) is 0 Å². The van der Waals surface area contributed by atoms with Gasteiger partial charge in [0.1, 0.15) is 0 Å². The second-order valence-corrected chi connectivity index (χ2v) is 5.89. The lowest BCUT2D eigenvalue weighted by atomic mass is 9.89. The van der Waals surface area contributed by atoms with E-state index in [2.05, 4.69) is 0 Å². The van der Waals surface area contributed by atoms with E-state index < -0.39 is 11.9 Å². The second kappa shape index (κ2) is 7.40. The minimum Gasteiger partial charge on any atom is -0.481 e. The van der Waals surface area contributed by atoms with Gasteiger partial charge < -0.3 is 14.7 Å². The Labute approximate surface area is 130 Å². The van der Waals surface area contributed by atoms with Crippen LogP contribution in [0.15, 0.2) is 24.3 Å². The number of amides is 1. The van der Waals surface area contributed by atoms with Gasteiger partial charge in [-0.1, -0.05) is 24.3 Å². The summed E-state index contributed by atoms with van der Waals surface area (Å²) in [5.41, 5.74) is 1.75. The number of carbonyl (C=O) groups is 2. The Bertz CT molecular complexity index is 541. The van der Waals surface area contributed by atoms with Crippen molar-refractivity contribution in [3.05, 3.63) is 35.4 Å². The summed E-state index contributed by atoms with van der Waals surface area (Å²) in [6.45, 7) is 5.21. The highest BCUT2D eigenvalue weighted by Crippen LogP contribution is 2.28. The summed E-state index contributed by atoms with van der Waals surface area (Å²) in [6.07, 6.45) is 1.21. The van der Waals surface area contributed by atoms with Crippen LogP contribution in [0.4, 0.5) is 0 Å². The van der Waals surface area contributed by atoms with Gasteiger partial charge in [0.25, 0.3) is 0 Å². The third kappa shape index (κ3) is 4.07. The summed E-state index contributed by atoms with van der Waals surface area (Å²) in [4.78, 5) is 25.4. The maximum atomic E-state index is 12.3. The van der Waals surface area contributed by atoms with Crippen LogP contribution in [-0.2, 0) is 20.9 Å². The first-order valence-corrected chi connectivity index (χ1v) is 7.69. The van der Waals surface area contributed by atoms with Crippen molar-refractivity contribution in [3.63, 3.8) is 0 Å². The van der Waals surface area contributed by atoms with Gasteiger partial charge in [0.05, 0.1) is 12.0 Å². The Morgan fingerprint density at radius 1 is 1.36 bits per heavy atom. The third-order valence-corrected chi connectivity index (χ3v) is 3.83. The Balaban J connectivity index is 1.98. The second-order valence-electron chi connectivity index (χ2n) is 5.89. The van der Waals surface area contributed by atoms with E-state index in [0.717, 1.165) is 11.1 Å². The minimum absolute atomic E-state index is 0.00638. The monoisotopic (exact) mass is 305 g/mol. The molecule has 1 aromatic carbocycles. The Hall–Kier alpha value is -1.88. The van der Waals surface area contributed by atoms with Crippen molar-refractivity contribution in [1.82, 2.24) is 4.90 Å². The molecule has 0 bridgehead atoms. The number of fused-ring (bicyclic) bond motifs is 1. The average Bonchev–Trinajstić information content (AvgIpc) is 2.49. The van der Waals surface area contributed by atoms with Crippen molar-refractivity contribution >= 4 is 11.9 Å². The van der Waals surface area contributed by atoms with E-state index in [-0.39, 0.29) is 18.6 Å². The normalized spacial score (nSPS) is 17.4. The summed E-state index contributed by atoms with van der Waals surface area (Å²) in [7, 11) is 0. The van der Waals surface area contributed by atoms with Crippen LogP contribution in [0.1, 0.15) is 43.7 Å². The summed E-state index contributed by atoms with van der Waals surface area (Å²) in [6, 6.07) is 7.46. The molecule has 0 aliphatic carbocycles. The van der Waals surface area contributed by atoms with E-state index in [9.17, 15) is 14.7 Å². The van der Waals surface area contributed by atoms with E-state index in [1.165, 1.54) is 0 Å². The molecule has 0 spiro atoms. The van der Waals surface area contributed by atoms with Crippen LogP contribution < -0.4 is 0 Å². The van der Waals surface area contributed by atoms with Crippen LogP contribution in [0.25, 0.3) is 0 Å². The van der Waals surface area contributed by atoms with Gasteiger partial charge in [0.15, 0.2) is 0 Å². The van der Waals surface area contributed by atoms with Gasteiger partial charge in [-0.3, -0.25) is 9.59 Å². The summed E-state index contributed by atoms with van der Waals surface area (Å²) < 4.78 is 5.43. The molecule has 120 valence electrons. The van der Waals surface area contributed by atoms with Gasteiger partial charge in [0.2, 0.25) is 5.91 Å². The van der Waals surface area contributed by atoms with Crippen molar-refractivity contribution in [2.75, 3.05) is 13.2 Å². The molecular formula is C17H23NO4. The molecular weight excluding hydrogens is 282 g/mol. The first-order chi connectivity index (χ1) is 10.5. The summed E-state index contributed by atoms with van der Waals surface area (Å²) >= 11 is 0. The van der Waals surface area contributed by atoms with E-state index in [4.69, 9.17) is 4.74 Å². The Morgan fingerprint density at radius 3 is 2.77 bits per heavy atom. The topological polar surface area (TPSA) is 66.8 Å². The zero-order valence-corrected chi connectivity index (χ0v) is 13.1. The van der Waals surface area contributed by atoms with Crippen molar-refractivity contribution in [3.8, 4) is 0 Å². The van der Waals surface area contributed by atoms with E-state index in [1.54, 1.807) is 4.90 Å². The number of rotatable bonds is 6. The van der Waals surface area contributed by atoms with Gasteiger partial charge in [-0.2, -0.15) is 0 Å². The smallest absolute Gasteiger partial charge is 0.312 e. The minimum atomic E-state index is -0.881. The summed E-state index contributed by atoms with van der Waals surface area (Å²) in [5, 5.41) is 9.40. The van der Waals surface area contributed by atoms with Crippen molar-refractivity contribution in [2.24, 2.45) is 0 Å². The van der Waals surface area contributed by atoms with Crippen molar-refractivity contribution < 1.29 is 19.4 Å². The number of ether oxygens (including phenoxy) is 1. The lowest BCUT2D eigenvalue weighted by molar-refractivity contribution is -0.141. The van der Waals surface area contributed by atoms with Crippen LogP contribution in [0.5, 0.6) is 0 Å². The zero-order valence-electron chi connectivity index (χ0n) is 13.1. The molecule has 1 aromatic rings. The number of hydrogen-bond donors (Lipinski definition) is 1.